The number of carbonyl (C=O) groups excluding carboxylic acids is 1. The number of nitrogens with zero attached hydrogens (tertiary/aromatic N) is 3. The lowest BCUT2D eigenvalue weighted by molar-refractivity contribution is -0.122. The van der Waals surface area contributed by atoms with Gasteiger partial charge in [-0.15, -0.1) is 0 Å². The first-order chi connectivity index (χ1) is 16.1. The number of pyridine rings is 1. The van der Waals surface area contributed by atoms with Crippen LogP contribution in [0.25, 0.3) is 0 Å². The van der Waals surface area contributed by atoms with Crippen LogP contribution in [0.2, 0.25) is 0 Å². The summed E-state index contributed by atoms with van der Waals surface area (Å²) in [6.45, 7) is 2.68. The molecule has 7 heteroatoms. The third-order valence-corrected chi connectivity index (χ3v) is 7.40. The minimum absolute atomic E-state index is 0.141. The molecule has 1 amide bonds. The molecule has 1 aromatic heterocycles. The molecule has 7 nitrogen and oxygen atoms in total. The topological polar surface area (TPSA) is 83.0 Å². The second kappa shape index (κ2) is 10.8. The maximum atomic E-state index is 13.2. The number of hydrogen-bond acceptors (Lipinski definition) is 5. The van der Waals surface area contributed by atoms with Crippen molar-refractivity contribution in [3.05, 3.63) is 59.9 Å². The van der Waals surface area contributed by atoms with Crippen LogP contribution >= 0.6 is 0 Å². The van der Waals surface area contributed by atoms with Crippen LogP contribution in [0.4, 0.5) is 0 Å². The molecule has 2 bridgehead atoms. The number of methoxy groups -OCH3 is 1. The minimum Gasteiger partial charge on any atom is -0.497 e. The van der Waals surface area contributed by atoms with E-state index in [1.54, 1.807) is 19.5 Å². The fraction of sp³-hybridized carbons (Fsp3) is 0.500. The summed E-state index contributed by atoms with van der Waals surface area (Å²) in [5.74, 6) is 2.17. The van der Waals surface area contributed by atoms with E-state index in [0.29, 0.717) is 29.5 Å². The Morgan fingerprint density at radius 2 is 2.03 bits per heavy atom. The first kappa shape index (κ1) is 23.2. The van der Waals surface area contributed by atoms with Crippen molar-refractivity contribution in [1.82, 2.24) is 14.8 Å². The molecule has 3 saturated heterocycles. The highest BCUT2D eigenvalue weighted by Gasteiger charge is 2.47. The van der Waals surface area contributed by atoms with E-state index in [9.17, 15) is 4.79 Å². The molecule has 5 rings (SSSR count). The number of hydrogen-bond donors (Lipinski definition) is 1. The highest BCUT2D eigenvalue weighted by molar-refractivity contribution is 5.94. The fourth-order valence-electron chi connectivity index (χ4n) is 6.07. The molecule has 4 heterocycles. The molecule has 176 valence electrons. The average molecular weight is 452 g/mol. The zero-order valence-corrected chi connectivity index (χ0v) is 19.2. The SMILES string of the molecule is COc1cccc(C[C@H]2[C@H]3C[C@H](CN(C(=O)c4cccnc4)C3)[C@@H]3CCCCN32)c1.O=CO. The van der Waals surface area contributed by atoms with E-state index in [1.807, 2.05) is 18.2 Å². The van der Waals surface area contributed by atoms with E-state index in [1.165, 1.54) is 37.8 Å². The van der Waals surface area contributed by atoms with Crippen molar-refractivity contribution in [3.8, 4) is 5.75 Å². The summed E-state index contributed by atoms with van der Waals surface area (Å²) in [4.78, 5) is 30.6. The molecule has 0 saturated carbocycles. The van der Waals surface area contributed by atoms with E-state index >= 15 is 0 Å². The number of carbonyl (C=O) groups is 2. The Balaban J connectivity index is 0.000000821. The van der Waals surface area contributed by atoms with Gasteiger partial charge in [0.05, 0.1) is 12.7 Å². The molecule has 0 aliphatic carbocycles. The molecule has 0 unspecified atom stereocenters. The first-order valence-corrected chi connectivity index (χ1v) is 11.8. The third-order valence-electron chi connectivity index (χ3n) is 7.40. The van der Waals surface area contributed by atoms with Crippen molar-refractivity contribution < 1.29 is 19.4 Å². The Morgan fingerprint density at radius 3 is 2.79 bits per heavy atom. The van der Waals surface area contributed by atoms with Crippen molar-refractivity contribution >= 4 is 12.4 Å². The van der Waals surface area contributed by atoms with Crippen molar-refractivity contribution in [1.29, 1.82) is 0 Å². The second-order valence-electron chi connectivity index (χ2n) is 9.24. The van der Waals surface area contributed by atoms with Crippen LogP contribution in [0, 0.1) is 11.8 Å². The Bertz CT molecular complexity index is 938. The number of piperidine rings is 3. The summed E-state index contributed by atoms with van der Waals surface area (Å²) >= 11 is 0. The van der Waals surface area contributed by atoms with E-state index in [0.717, 1.165) is 25.3 Å². The molecule has 2 aromatic rings. The second-order valence-corrected chi connectivity index (χ2v) is 9.24. The summed E-state index contributed by atoms with van der Waals surface area (Å²) in [6, 6.07) is 13.3. The smallest absolute Gasteiger partial charge is 0.290 e. The lowest BCUT2D eigenvalue weighted by Crippen LogP contribution is -2.64. The monoisotopic (exact) mass is 451 g/mol. The van der Waals surface area contributed by atoms with Crippen molar-refractivity contribution in [2.75, 3.05) is 26.7 Å². The van der Waals surface area contributed by atoms with Crippen LogP contribution in [-0.2, 0) is 11.2 Å². The molecular weight excluding hydrogens is 418 g/mol. The highest BCUT2D eigenvalue weighted by Crippen LogP contribution is 2.42. The van der Waals surface area contributed by atoms with Gasteiger partial charge in [0.15, 0.2) is 0 Å². The lowest BCUT2D eigenvalue weighted by Gasteiger charge is -2.57. The molecule has 0 spiro atoms. The number of ether oxygens (including phenoxy) is 1. The number of aromatic nitrogens is 1. The summed E-state index contributed by atoms with van der Waals surface area (Å²) in [7, 11) is 1.73. The zero-order chi connectivity index (χ0) is 23.2. The zero-order valence-electron chi connectivity index (χ0n) is 19.2. The average Bonchev–Trinajstić information content (AvgIpc) is 2.87. The predicted molar refractivity (Wildman–Crippen MR) is 125 cm³/mol. The van der Waals surface area contributed by atoms with Gasteiger partial charge in [0.25, 0.3) is 12.4 Å². The van der Waals surface area contributed by atoms with Gasteiger partial charge in [0.1, 0.15) is 5.75 Å². The van der Waals surface area contributed by atoms with Crippen LogP contribution in [0.1, 0.15) is 41.6 Å². The van der Waals surface area contributed by atoms with Gasteiger partial charge in [-0.05, 0) is 73.9 Å². The molecule has 1 aromatic carbocycles. The van der Waals surface area contributed by atoms with Crippen molar-refractivity contribution in [2.24, 2.45) is 11.8 Å². The van der Waals surface area contributed by atoms with Gasteiger partial charge in [0.2, 0.25) is 0 Å². The number of carboxylic acid groups (broad SMARTS) is 1. The van der Waals surface area contributed by atoms with Crippen LogP contribution in [0.15, 0.2) is 48.8 Å². The normalized spacial score (nSPS) is 26.4. The van der Waals surface area contributed by atoms with Gasteiger partial charge in [-0.25, -0.2) is 0 Å². The van der Waals surface area contributed by atoms with Crippen molar-refractivity contribution in [3.63, 3.8) is 0 Å². The molecule has 4 atom stereocenters. The predicted octanol–water partition coefficient (Wildman–Crippen LogP) is 3.35. The van der Waals surface area contributed by atoms with Crippen LogP contribution < -0.4 is 4.74 Å². The van der Waals surface area contributed by atoms with Crippen LogP contribution in [0.5, 0.6) is 5.75 Å². The standard InChI is InChI=1S/C25H31N3O2.CH2O2/c1-30-22-8-4-6-18(12-22)13-24-21-14-20(23-9-2-3-11-28(23)24)16-27(17-21)25(29)19-7-5-10-26-15-19;2-1-3/h4-8,10,12,15,20-21,23-24H,2-3,9,11,13-14,16-17H2,1H3;1H,(H,2,3)/t20-,21+,23+,24+;/m1./s1. The first-order valence-electron chi connectivity index (χ1n) is 11.8. The molecule has 1 N–H and O–H groups in total. The van der Waals surface area contributed by atoms with E-state index in [2.05, 4.69) is 33.0 Å². The number of amides is 1. The molecule has 0 radical (unpaired) electrons. The summed E-state index contributed by atoms with van der Waals surface area (Å²) in [6.07, 6.45) is 9.57. The van der Waals surface area contributed by atoms with E-state index < -0.39 is 0 Å². The maximum absolute atomic E-state index is 13.2. The number of fused-ring (bicyclic) bond motifs is 4. The van der Waals surface area contributed by atoms with Gasteiger partial charge in [0, 0.05) is 37.6 Å². The van der Waals surface area contributed by atoms with Crippen molar-refractivity contribution in [2.45, 2.75) is 44.2 Å². The van der Waals surface area contributed by atoms with Gasteiger partial charge in [-0.3, -0.25) is 19.5 Å². The minimum atomic E-state index is -0.250. The Labute approximate surface area is 195 Å². The van der Waals surface area contributed by atoms with Gasteiger partial charge in [-0.2, -0.15) is 0 Å². The Hall–Kier alpha value is -2.93. The fourth-order valence-corrected chi connectivity index (χ4v) is 6.07. The largest absolute Gasteiger partial charge is 0.497 e. The Morgan fingerprint density at radius 1 is 1.21 bits per heavy atom. The maximum Gasteiger partial charge on any atom is 0.290 e. The van der Waals surface area contributed by atoms with Gasteiger partial charge >= 0.3 is 0 Å². The third kappa shape index (κ3) is 5.19. The number of likely N-dealkylation sites (tertiary alicyclic amines) is 1. The molecule has 33 heavy (non-hydrogen) atoms. The van der Waals surface area contributed by atoms with Crippen LogP contribution in [-0.4, -0.2) is 71.1 Å². The van der Waals surface area contributed by atoms with E-state index in [4.69, 9.17) is 14.6 Å². The van der Waals surface area contributed by atoms with E-state index in [-0.39, 0.29) is 12.4 Å². The summed E-state index contributed by atoms with van der Waals surface area (Å²) in [5, 5.41) is 6.89. The quantitative estimate of drug-likeness (QED) is 0.718. The van der Waals surface area contributed by atoms with Gasteiger partial charge in [-0.1, -0.05) is 18.6 Å². The highest BCUT2D eigenvalue weighted by atomic mass is 16.5. The summed E-state index contributed by atoms with van der Waals surface area (Å²) in [5.41, 5.74) is 2.04. The number of benzene rings is 1. The Kier molecular flexibility index (Phi) is 7.60. The summed E-state index contributed by atoms with van der Waals surface area (Å²) < 4.78 is 5.46. The molecular formula is C26H33N3O4. The van der Waals surface area contributed by atoms with Gasteiger partial charge < -0.3 is 14.7 Å². The molecule has 3 aliphatic heterocycles. The van der Waals surface area contributed by atoms with Crippen LogP contribution in [0.3, 0.4) is 0 Å². The molecule has 3 fully saturated rings. The lowest BCUT2D eigenvalue weighted by atomic mass is 9.71. The molecule has 3 aliphatic rings. The number of rotatable bonds is 4.